The lowest BCUT2D eigenvalue weighted by molar-refractivity contribution is -0.118. The van der Waals surface area contributed by atoms with Crippen LogP contribution in [0.1, 0.15) is 17.4 Å². The topological polar surface area (TPSA) is 82.4 Å². The maximum absolute atomic E-state index is 13.5. The molecule has 0 unspecified atom stereocenters. The Hall–Kier alpha value is -2.36. The molecule has 1 amide bonds. The van der Waals surface area contributed by atoms with E-state index in [-0.39, 0.29) is 17.2 Å². The van der Waals surface area contributed by atoms with E-state index in [0.29, 0.717) is 40.0 Å². The molecule has 0 spiro atoms. The van der Waals surface area contributed by atoms with Crippen LogP contribution >= 0.6 is 23.1 Å². The molecule has 7 nitrogen and oxygen atoms in total. The fourth-order valence-corrected chi connectivity index (χ4v) is 5.10. The number of fused-ring (bicyclic) bond motifs is 1. The number of aryl methyl sites for hydroxylation is 2. The molecular formula is C21H25N3O4S2. The zero-order chi connectivity index (χ0) is 21.7. The molecule has 30 heavy (non-hydrogen) atoms. The van der Waals surface area contributed by atoms with E-state index < -0.39 is 0 Å². The zero-order valence-electron chi connectivity index (χ0n) is 17.5. The van der Waals surface area contributed by atoms with Gasteiger partial charge in [-0.05, 0) is 31.0 Å². The van der Waals surface area contributed by atoms with Gasteiger partial charge in [-0.2, -0.15) is 0 Å². The minimum atomic E-state index is -0.139. The van der Waals surface area contributed by atoms with Gasteiger partial charge in [-0.1, -0.05) is 24.8 Å². The predicted octanol–water partition coefficient (Wildman–Crippen LogP) is 3.18. The number of hydrogen-bond acceptors (Lipinski definition) is 7. The van der Waals surface area contributed by atoms with E-state index in [4.69, 9.17) is 14.5 Å². The lowest BCUT2D eigenvalue weighted by Gasteiger charge is -2.13. The summed E-state index contributed by atoms with van der Waals surface area (Å²) < 4.78 is 11.8. The van der Waals surface area contributed by atoms with Crippen molar-refractivity contribution in [3.05, 3.63) is 45.1 Å². The van der Waals surface area contributed by atoms with Crippen molar-refractivity contribution < 1.29 is 14.3 Å². The highest BCUT2D eigenvalue weighted by atomic mass is 32.2. The summed E-state index contributed by atoms with van der Waals surface area (Å²) in [6.07, 6.45) is 0.843. The maximum Gasteiger partial charge on any atom is 0.267 e. The highest BCUT2D eigenvalue weighted by Crippen LogP contribution is 2.31. The third kappa shape index (κ3) is 4.69. The van der Waals surface area contributed by atoms with Gasteiger partial charge in [0.1, 0.15) is 10.6 Å². The lowest BCUT2D eigenvalue weighted by atomic mass is 10.2. The van der Waals surface area contributed by atoms with Crippen molar-refractivity contribution in [2.45, 2.75) is 25.4 Å². The van der Waals surface area contributed by atoms with Gasteiger partial charge in [0.05, 0.1) is 30.5 Å². The number of thiophene rings is 1. The quantitative estimate of drug-likeness (QED) is 0.308. The zero-order valence-corrected chi connectivity index (χ0v) is 19.1. The Morgan fingerprint density at radius 3 is 2.83 bits per heavy atom. The minimum absolute atomic E-state index is 0.135. The standard InChI is InChI=1S/C21H25N3O4S2/c1-5-16-13(2)18-19(30-16)23-21(29-12-17(25)22-9-10-27-3)24(20(18)26)14-7-6-8-15(11-14)28-4/h6-8,11H,5,9-10,12H2,1-4H3,(H,22,25). The molecule has 0 saturated carbocycles. The summed E-state index contributed by atoms with van der Waals surface area (Å²) in [5, 5.41) is 3.90. The van der Waals surface area contributed by atoms with Crippen LogP contribution in [-0.4, -0.2) is 48.6 Å². The highest BCUT2D eigenvalue weighted by Gasteiger charge is 2.19. The summed E-state index contributed by atoms with van der Waals surface area (Å²) in [4.78, 5) is 32.3. The van der Waals surface area contributed by atoms with Crippen LogP contribution in [0.3, 0.4) is 0 Å². The summed E-state index contributed by atoms with van der Waals surface area (Å²) in [6.45, 7) is 4.92. The van der Waals surface area contributed by atoms with E-state index in [9.17, 15) is 9.59 Å². The monoisotopic (exact) mass is 447 g/mol. The highest BCUT2D eigenvalue weighted by molar-refractivity contribution is 7.99. The molecule has 0 radical (unpaired) electrons. The number of rotatable bonds is 9. The first-order valence-electron chi connectivity index (χ1n) is 9.58. The molecule has 0 aliphatic heterocycles. The molecule has 0 bridgehead atoms. The van der Waals surface area contributed by atoms with Crippen LogP contribution in [0.25, 0.3) is 15.9 Å². The average Bonchev–Trinajstić information content (AvgIpc) is 3.08. The van der Waals surface area contributed by atoms with Gasteiger partial charge >= 0.3 is 0 Å². The SMILES string of the molecule is CCc1sc2nc(SCC(=O)NCCOC)n(-c3cccc(OC)c3)c(=O)c2c1C. The Morgan fingerprint density at radius 1 is 1.33 bits per heavy atom. The van der Waals surface area contributed by atoms with Gasteiger partial charge in [-0.15, -0.1) is 11.3 Å². The van der Waals surface area contributed by atoms with Crippen molar-refractivity contribution >= 4 is 39.2 Å². The van der Waals surface area contributed by atoms with E-state index >= 15 is 0 Å². The molecule has 3 aromatic rings. The van der Waals surface area contributed by atoms with Crippen LogP contribution < -0.4 is 15.6 Å². The van der Waals surface area contributed by atoms with Crippen LogP contribution in [0.5, 0.6) is 5.75 Å². The van der Waals surface area contributed by atoms with E-state index in [1.807, 2.05) is 25.1 Å². The smallest absolute Gasteiger partial charge is 0.267 e. The first-order chi connectivity index (χ1) is 14.5. The van der Waals surface area contributed by atoms with Gasteiger partial charge in [0.25, 0.3) is 5.56 Å². The van der Waals surface area contributed by atoms with Gasteiger partial charge in [-0.3, -0.25) is 14.2 Å². The number of aromatic nitrogens is 2. The van der Waals surface area contributed by atoms with Crippen LogP contribution in [0.4, 0.5) is 0 Å². The van der Waals surface area contributed by atoms with Crippen molar-refractivity contribution in [2.24, 2.45) is 0 Å². The Labute approximate surface area is 183 Å². The second-order valence-corrected chi connectivity index (χ2v) is 8.58. The van der Waals surface area contributed by atoms with E-state index in [2.05, 4.69) is 12.2 Å². The summed E-state index contributed by atoms with van der Waals surface area (Å²) in [5.74, 6) is 0.653. The van der Waals surface area contributed by atoms with Gasteiger partial charge in [0, 0.05) is 24.6 Å². The fraction of sp³-hybridized carbons (Fsp3) is 0.381. The number of carbonyl (C=O) groups is 1. The lowest BCUT2D eigenvalue weighted by Crippen LogP contribution is -2.29. The molecule has 9 heteroatoms. The summed E-state index contributed by atoms with van der Waals surface area (Å²) >= 11 is 2.77. The Balaban J connectivity index is 2.07. The van der Waals surface area contributed by atoms with Crippen LogP contribution in [0.2, 0.25) is 0 Å². The predicted molar refractivity (Wildman–Crippen MR) is 121 cm³/mol. The van der Waals surface area contributed by atoms with E-state index in [1.54, 1.807) is 24.9 Å². The van der Waals surface area contributed by atoms with E-state index in [0.717, 1.165) is 16.9 Å². The normalized spacial score (nSPS) is 11.1. The molecule has 0 atom stereocenters. The van der Waals surface area contributed by atoms with E-state index in [1.165, 1.54) is 23.1 Å². The molecule has 0 aliphatic carbocycles. The third-order valence-electron chi connectivity index (χ3n) is 4.63. The van der Waals surface area contributed by atoms with Crippen LogP contribution in [0.15, 0.2) is 34.2 Å². The second kappa shape index (κ2) is 10.1. The van der Waals surface area contributed by atoms with Gasteiger partial charge in [0.15, 0.2) is 5.16 Å². The number of ether oxygens (including phenoxy) is 2. The molecule has 0 saturated heterocycles. The molecule has 1 N–H and O–H groups in total. The molecular weight excluding hydrogens is 422 g/mol. The third-order valence-corrected chi connectivity index (χ3v) is 6.89. The van der Waals surface area contributed by atoms with Crippen molar-refractivity contribution in [2.75, 3.05) is 33.1 Å². The number of nitrogens with one attached hydrogen (secondary N) is 1. The number of carbonyl (C=O) groups excluding carboxylic acids is 1. The number of benzene rings is 1. The minimum Gasteiger partial charge on any atom is -0.497 e. The van der Waals surface area contributed by atoms with Crippen molar-refractivity contribution in [3.63, 3.8) is 0 Å². The first-order valence-corrected chi connectivity index (χ1v) is 11.4. The summed E-state index contributed by atoms with van der Waals surface area (Å²) in [6, 6.07) is 7.28. The van der Waals surface area contributed by atoms with Gasteiger partial charge in [-0.25, -0.2) is 4.98 Å². The first kappa shape index (κ1) is 22.3. The molecule has 3 rings (SSSR count). The van der Waals surface area contributed by atoms with Gasteiger partial charge in [0.2, 0.25) is 5.91 Å². The van der Waals surface area contributed by atoms with Gasteiger partial charge < -0.3 is 14.8 Å². The van der Waals surface area contributed by atoms with Crippen LogP contribution in [-0.2, 0) is 16.0 Å². The van der Waals surface area contributed by atoms with Crippen molar-refractivity contribution in [3.8, 4) is 11.4 Å². The number of nitrogens with zero attached hydrogens (tertiary/aromatic N) is 2. The molecule has 0 fully saturated rings. The largest absolute Gasteiger partial charge is 0.497 e. The Bertz CT molecular complexity index is 1110. The number of hydrogen-bond donors (Lipinski definition) is 1. The Morgan fingerprint density at radius 2 is 2.13 bits per heavy atom. The summed E-state index contributed by atoms with van der Waals surface area (Å²) in [7, 11) is 3.17. The molecule has 160 valence electrons. The molecule has 2 aromatic heterocycles. The fourth-order valence-electron chi connectivity index (χ4n) is 3.10. The van der Waals surface area contributed by atoms with Crippen molar-refractivity contribution in [1.82, 2.24) is 14.9 Å². The number of methoxy groups -OCH3 is 2. The van der Waals surface area contributed by atoms with Crippen molar-refractivity contribution in [1.29, 1.82) is 0 Å². The number of amides is 1. The molecule has 0 aliphatic rings. The maximum atomic E-state index is 13.5. The summed E-state index contributed by atoms with van der Waals surface area (Å²) in [5.41, 5.74) is 1.49. The Kier molecular flexibility index (Phi) is 7.52. The van der Waals surface area contributed by atoms with Crippen LogP contribution in [0, 0.1) is 6.92 Å². The second-order valence-electron chi connectivity index (χ2n) is 6.55. The molecule has 1 aromatic carbocycles. The number of thioether (sulfide) groups is 1. The molecule has 2 heterocycles. The average molecular weight is 448 g/mol.